The van der Waals surface area contributed by atoms with E-state index in [1.807, 2.05) is 18.2 Å². The van der Waals surface area contributed by atoms with E-state index in [1.165, 1.54) is 11.1 Å². The minimum Gasteiger partial charge on any atom is -0.352 e. The monoisotopic (exact) mass is 370 g/mol. The number of carbonyl (C=O) groups excluding carboxylic acids is 2. The largest absolute Gasteiger partial charge is 0.352 e. The summed E-state index contributed by atoms with van der Waals surface area (Å²) < 4.78 is 0. The van der Waals surface area contributed by atoms with Crippen LogP contribution in [-0.4, -0.2) is 29.8 Å². The zero-order chi connectivity index (χ0) is 18.5. The van der Waals surface area contributed by atoms with E-state index in [1.54, 1.807) is 11.0 Å². The molecule has 0 spiro atoms. The Balaban J connectivity index is 1.49. The minimum absolute atomic E-state index is 0.0509. The quantitative estimate of drug-likeness (QED) is 0.847. The number of amides is 2. The van der Waals surface area contributed by atoms with E-state index in [0.717, 1.165) is 12.0 Å². The van der Waals surface area contributed by atoms with Crippen LogP contribution in [0.15, 0.2) is 48.5 Å². The van der Waals surface area contributed by atoms with E-state index >= 15 is 0 Å². The lowest BCUT2D eigenvalue weighted by Crippen LogP contribution is -2.33. The average Bonchev–Trinajstić information content (AvgIpc) is 3.01. The molecule has 1 N–H and O–H groups in total. The first-order chi connectivity index (χ1) is 12.5. The molecule has 1 heterocycles. The second-order valence-corrected chi connectivity index (χ2v) is 7.19. The van der Waals surface area contributed by atoms with E-state index in [9.17, 15) is 9.59 Å². The van der Waals surface area contributed by atoms with Gasteiger partial charge in [-0.3, -0.25) is 9.59 Å². The summed E-state index contributed by atoms with van der Waals surface area (Å²) in [6.07, 6.45) is 1.09. The molecule has 1 fully saturated rings. The Kier molecular flexibility index (Phi) is 5.94. The maximum atomic E-state index is 12.4. The van der Waals surface area contributed by atoms with Crippen LogP contribution in [0.5, 0.6) is 0 Å². The third kappa shape index (κ3) is 4.64. The van der Waals surface area contributed by atoms with Crippen LogP contribution in [0.1, 0.15) is 23.1 Å². The van der Waals surface area contributed by atoms with Gasteiger partial charge in [-0.25, -0.2) is 0 Å². The lowest BCUT2D eigenvalue weighted by atomic mass is 10.1. The van der Waals surface area contributed by atoms with Crippen molar-refractivity contribution in [2.24, 2.45) is 5.92 Å². The van der Waals surface area contributed by atoms with Gasteiger partial charge >= 0.3 is 0 Å². The summed E-state index contributed by atoms with van der Waals surface area (Å²) in [5.74, 6) is -0.325. The third-order valence-electron chi connectivity index (χ3n) is 4.79. The molecule has 0 radical (unpaired) electrons. The van der Waals surface area contributed by atoms with Gasteiger partial charge in [0.15, 0.2) is 0 Å². The van der Waals surface area contributed by atoms with E-state index in [4.69, 9.17) is 11.6 Å². The molecule has 2 amide bonds. The molecule has 0 aromatic heterocycles. The summed E-state index contributed by atoms with van der Waals surface area (Å²) in [4.78, 5) is 26.4. The molecule has 5 heteroatoms. The predicted molar refractivity (Wildman–Crippen MR) is 103 cm³/mol. The SMILES string of the molecule is Cc1ccc(CCN2CC(C(=O)NCc3ccccc3Cl)CC2=O)cc1. The Bertz CT molecular complexity index is 789. The second kappa shape index (κ2) is 8.37. The van der Waals surface area contributed by atoms with Crippen LogP contribution in [0, 0.1) is 12.8 Å². The Morgan fingerprint density at radius 3 is 2.65 bits per heavy atom. The van der Waals surface area contributed by atoms with E-state index in [-0.39, 0.29) is 24.2 Å². The zero-order valence-electron chi connectivity index (χ0n) is 14.9. The van der Waals surface area contributed by atoms with Crippen molar-refractivity contribution in [1.82, 2.24) is 10.2 Å². The fraction of sp³-hybridized carbons (Fsp3) is 0.333. The van der Waals surface area contributed by atoms with Crippen molar-refractivity contribution in [3.63, 3.8) is 0 Å². The predicted octanol–water partition coefficient (Wildman–Crippen LogP) is 3.36. The van der Waals surface area contributed by atoms with Crippen LogP contribution in [0.4, 0.5) is 0 Å². The van der Waals surface area contributed by atoms with Gasteiger partial charge in [-0.05, 0) is 30.5 Å². The summed E-state index contributed by atoms with van der Waals surface area (Å²) in [5, 5.41) is 3.53. The highest BCUT2D eigenvalue weighted by atomic mass is 35.5. The molecule has 4 nitrogen and oxygen atoms in total. The number of aryl methyl sites for hydroxylation is 1. The molecule has 0 bridgehead atoms. The molecule has 26 heavy (non-hydrogen) atoms. The average molecular weight is 371 g/mol. The number of benzene rings is 2. The van der Waals surface area contributed by atoms with Crippen LogP contribution in [0.2, 0.25) is 5.02 Å². The molecule has 1 aliphatic heterocycles. The molecule has 1 atom stereocenters. The summed E-state index contributed by atoms with van der Waals surface area (Å²) >= 11 is 6.11. The van der Waals surface area contributed by atoms with Crippen molar-refractivity contribution >= 4 is 23.4 Å². The number of hydrogen-bond donors (Lipinski definition) is 1. The van der Waals surface area contributed by atoms with Crippen LogP contribution in [0.25, 0.3) is 0 Å². The molecule has 1 aliphatic rings. The van der Waals surface area contributed by atoms with Crippen molar-refractivity contribution in [3.05, 3.63) is 70.2 Å². The highest BCUT2D eigenvalue weighted by Crippen LogP contribution is 2.20. The standard InChI is InChI=1S/C21H23ClN2O2/c1-15-6-8-16(9-7-15)10-11-24-14-18(12-20(24)25)21(26)23-13-17-4-2-3-5-19(17)22/h2-9,18H,10-14H2,1H3,(H,23,26). The van der Waals surface area contributed by atoms with Gasteiger partial charge in [0, 0.05) is 31.1 Å². The summed E-state index contributed by atoms with van der Waals surface area (Å²) in [7, 11) is 0. The Hall–Kier alpha value is -2.33. The Labute approximate surface area is 159 Å². The molecular weight excluding hydrogens is 348 g/mol. The molecule has 2 aromatic carbocycles. The van der Waals surface area contributed by atoms with Crippen molar-refractivity contribution in [2.75, 3.05) is 13.1 Å². The van der Waals surface area contributed by atoms with Crippen molar-refractivity contribution < 1.29 is 9.59 Å². The van der Waals surface area contributed by atoms with Gasteiger partial charge in [-0.15, -0.1) is 0 Å². The number of carbonyl (C=O) groups is 2. The maximum absolute atomic E-state index is 12.4. The summed E-state index contributed by atoms with van der Waals surface area (Å²) in [6.45, 7) is 3.57. The van der Waals surface area contributed by atoms with E-state index in [2.05, 4.69) is 36.5 Å². The van der Waals surface area contributed by atoms with Gasteiger partial charge in [0.25, 0.3) is 0 Å². The van der Waals surface area contributed by atoms with Crippen molar-refractivity contribution in [1.29, 1.82) is 0 Å². The fourth-order valence-corrected chi connectivity index (χ4v) is 3.35. The topological polar surface area (TPSA) is 49.4 Å². The number of nitrogens with one attached hydrogen (secondary N) is 1. The van der Waals surface area contributed by atoms with Gasteiger partial charge < -0.3 is 10.2 Å². The molecule has 136 valence electrons. The number of rotatable bonds is 6. The number of nitrogens with zero attached hydrogens (tertiary/aromatic N) is 1. The molecule has 3 rings (SSSR count). The molecule has 2 aromatic rings. The Morgan fingerprint density at radius 1 is 1.19 bits per heavy atom. The van der Waals surface area contributed by atoms with Crippen molar-refractivity contribution in [3.8, 4) is 0 Å². The molecule has 1 unspecified atom stereocenters. The summed E-state index contributed by atoms with van der Waals surface area (Å²) in [5.41, 5.74) is 3.30. The first kappa shape index (κ1) is 18.5. The highest BCUT2D eigenvalue weighted by Gasteiger charge is 2.33. The van der Waals surface area contributed by atoms with Crippen LogP contribution in [-0.2, 0) is 22.6 Å². The van der Waals surface area contributed by atoms with Crippen LogP contribution in [0.3, 0.4) is 0 Å². The molecule has 1 saturated heterocycles. The maximum Gasteiger partial charge on any atom is 0.225 e. The summed E-state index contributed by atoms with van der Waals surface area (Å²) in [6, 6.07) is 15.8. The van der Waals surface area contributed by atoms with Crippen LogP contribution < -0.4 is 5.32 Å². The van der Waals surface area contributed by atoms with Gasteiger partial charge in [0.05, 0.1) is 5.92 Å². The molecule has 0 aliphatic carbocycles. The number of likely N-dealkylation sites (tertiary alicyclic amines) is 1. The fourth-order valence-electron chi connectivity index (χ4n) is 3.15. The van der Waals surface area contributed by atoms with Gasteiger partial charge in [-0.2, -0.15) is 0 Å². The zero-order valence-corrected chi connectivity index (χ0v) is 15.6. The first-order valence-electron chi connectivity index (χ1n) is 8.87. The minimum atomic E-state index is -0.289. The lowest BCUT2D eigenvalue weighted by molar-refractivity contribution is -0.129. The van der Waals surface area contributed by atoms with Gasteiger partial charge in [-0.1, -0.05) is 59.6 Å². The lowest BCUT2D eigenvalue weighted by Gasteiger charge is -2.17. The number of hydrogen-bond acceptors (Lipinski definition) is 2. The molecule has 0 saturated carbocycles. The van der Waals surface area contributed by atoms with Gasteiger partial charge in [0.2, 0.25) is 11.8 Å². The third-order valence-corrected chi connectivity index (χ3v) is 5.16. The highest BCUT2D eigenvalue weighted by molar-refractivity contribution is 6.31. The molecular formula is C21H23ClN2O2. The smallest absolute Gasteiger partial charge is 0.225 e. The normalized spacial score (nSPS) is 16.8. The van der Waals surface area contributed by atoms with E-state index in [0.29, 0.717) is 24.7 Å². The first-order valence-corrected chi connectivity index (χ1v) is 9.25. The van der Waals surface area contributed by atoms with Crippen molar-refractivity contribution in [2.45, 2.75) is 26.3 Å². The second-order valence-electron chi connectivity index (χ2n) is 6.79. The van der Waals surface area contributed by atoms with Gasteiger partial charge in [0.1, 0.15) is 0 Å². The van der Waals surface area contributed by atoms with Crippen LogP contribution >= 0.6 is 11.6 Å². The Morgan fingerprint density at radius 2 is 1.92 bits per heavy atom. The number of halogens is 1. The van der Waals surface area contributed by atoms with E-state index < -0.39 is 0 Å².